The molecule has 0 aliphatic rings. The first-order valence-electron chi connectivity index (χ1n) is 7.87. The summed E-state index contributed by atoms with van der Waals surface area (Å²) in [5.41, 5.74) is 2.07. The van der Waals surface area contributed by atoms with Gasteiger partial charge in [0, 0.05) is 10.8 Å². The highest BCUT2D eigenvalue weighted by Gasteiger charge is 2.12. The second-order valence-corrected chi connectivity index (χ2v) is 6.95. The van der Waals surface area contributed by atoms with E-state index in [9.17, 15) is 4.79 Å². The molecule has 2 rings (SSSR count). The molecule has 0 saturated carbocycles. The Morgan fingerprint density at radius 1 is 1.16 bits per heavy atom. The minimum absolute atomic E-state index is 0.00527. The van der Waals surface area contributed by atoms with Crippen LogP contribution in [0.15, 0.2) is 42.5 Å². The highest BCUT2D eigenvalue weighted by atomic mass is 35.5. The van der Waals surface area contributed by atoms with Crippen LogP contribution in [0.5, 0.6) is 11.5 Å². The molecule has 0 heterocycles. The van der Waals surface area contributed by atoms with Crippen LogP contribution in [0.3, 0.4) is 0 Å². The van der Waals surface area contributed by atoms with Crippen LogP contribution in [0.4, 0.5) is 0 Å². The number of methoxy groups -OCH3 is 2. The van der Waals surface area contributed by atoms with Crippen molar-refractivity contribution in [3.05, 3.63) is 58.6 Å². The maximum absolute atomic E-state index is 12.1. The topological polar surface area (TPSA) is 47.6 Å². The van der Waals surface area contributed by atoms with Gasteiger partial charge in [-0.2, -0.15) is 0 Å². The third-order valence-electron chi connectivity index (χ3n) is 3.68. The van der Waals surface area contributed by atoms with E-state index in [0.29, 0.717) is 22.3 Å². The first-order chi connectivity index (χ1) is 12.0. The fraction of sp³-hybridized carbons (Fsp3) is 0.316. The summed E-state index contributed by atoms with van der Waals surface area (Å²) in [6.07, 6.45) is 0. The van der Waals surface area contributed by atoms with Gasteiger partial charge in [0.1, 0.15) is 0 Å². The second-order valence-electron chi connectivity index (χ2n) is 5.53. The molecule has 0 unspecified atom stereocenters. The third kappa shape index (κ3) is 5.87. The zero-order valence-corrected chi connectivity index (χ0v) is 16.1. The lowest BCUT2D eigenvalue weighted by Crippen LogP contribution is -2.28. The zero-order chi connectivity index (χ0) is 18.2. The van der Waals surface area contributed by atoms with Crippen LogP contribution in [0.25, 0.3) is 0 Å². The quantitative estimate of drug-likeness (QED) is 0.735. The number of hydrogen-bond donors (Lipinski definition) is 1. The van der Waals surface area contributed by atoms with Gasteiger partial charge in [-0.3, -0.25) is 4.79 Å². The van der Waals surface area contributed by atoms with Gasteiger partial charge in [0.15, 0.2) is 11.5 Å². The summed E-state index contributed by atoms with van der Waals surface area (Å²) >= 11 is 7.52. The summed E-state index contributed by atoms with van der Waals surface area (Å²) in [7, 11) is 3.19. The molecule has 2 aromatic rings. The minimum atomic E-state index is -0.112. The van der Waals surface area contributed by atoms with E-state index in [1.807, 2.05) is 49.4 Å². The van der Waals surface area contributed by atoms with E-state index in [4.69, 9.17) is 21.1 Å². The van der Waals surface area contributed by atoms with Crippen LogP contribution in [-0.4, -0.2) is 25.9 Å². The molecule has 0 fully saturated rings. The Morgan fingerprint density at radius 2 is 1.92 bits per heavy atom. The van der Waals surface area contributed by atoms with Crippen LogP contribution in [-0.2, 0) is 10.5 Å². The molecule has 25 heavy (non-hydrogen) atoms. The summed E-state index contributed by atoms with van der Waals surface area (Å²) in [5, 5.41) is 3.71. The maximum atomic E-state index is 12.1. The predicted molar refractivity (Wildman–Crippen MR) is 104 cm³/mol. The van der Waals surface area contributed by atoms with Crippen LogP contribution in [0.2, 0.25) is 5.02 Å². The molecule has 0 spiro atoms. The molecule has 134 valence electrons. The van der Waals surface area contributed by atoms with Crippen molar-refractivity contribution in [1.29, 1.82) is 0 Å². The van der Waals surface area contributed by atoms with E-state index in [1.165, 1.54) is 0 Å². The van der Waals surface area contributed by atoms with E-state index in [1.54, 1.807) is 26.0 Å². The molecule has 1 atom stereocenters. The van der Waals surface area contributed by atoms with Crippen molar-refractivity contribution in [3.63, 3.8) is 0 Å². The normalized spacial score (nSPS) is 11.7. The number of carbonyl (C=O) groups excluding carboxylic acids is 1. The second kappa shape index (κ2) is 9.59. The van der Waals surface area contributed by atoms with Gasteiger partial charge >= 0.3 is 0 Å². The summed E-state index contributed by atoms with van der Waals surface area (Å²) in [5.74, 6) is 2.45. The smallest absolute Gasteiger partial charge is 0.230 e. The average Bonchev–Trinajstić information content (AvgIpc) is 2.61. The molecule has 0 aromatic heterocycles. The number of nitrogens with one attached hydrogen (secondary N) is 1. The molecule has 0 aliphatic carbocycles. The van der Waals surface area contributed by atoms with E-state index in [-0.39, 0.29) is 11.9 Å². The number of rotatable bonds is 8. The van der Waals surface area contributed by atoms with Gasteiger partial charge in [-0.1, -0.05) is 29.8 Å². The number of carbonyl (C=O) groups is 1. The van der Waals surface area contributed by atoms with Crippen molar-refractivity contribution in [1.82, 2.24) is 5.32 Å². The number of benzene rings is 2. The van der Waals surface area contributed by atoms with Gasteiger partial charge in [0.05, 0.1) is 26.0 Å². The standard InChI is InChI=1S/C19H22ClNO3S/c1-13(15-7-8-17(23-2)18(10-15)24-3)21-19(22)12-25-11-14-5-4-6-16(20)9-14/h4-10,13H,11-12H2,1-3H3,(H,21,22)/t13-/m1/s1. The van der Waals surface area contributed by atoms with Crippen LogP contribution < -0.4 is 14.8 Å². The Kier molecular flexibility index (Phi) is 7.47. The first kappa shape index (κ1) is 19.5. The first-order valence-corrected chi connectivity index (χ1v) is 9.40. The summed E-state index contributed by atoms with van der Waals surface area (Å²) in [6.45, 7) is 1.95. The maximum Gasteiger partial charge on any atom is 0.230 e. The predicted octanol–water partition coefficient (Wildman–Crippen LogP) is 4.47. The molecular weight excluding hydrogens is 358 g/mol. The lowest BCUT2D eigenvalue weighted by molar-refractivity contribution is -0.119. The summed E-state index contributed by atoms with van der Waals surface area (Å²) in [4.78, 5) is 12.1. The monoisotopic (exact) mass is 379 g/mol. The Bertz CT molecular complexity index is 724. The minimum Gasteiger partial charge on any atom is -0.493 e. The number of ether oxygens (including phenoxy) is 2. The van der Waals surface area contributed by atoms with Crippen molar-refractivity contribution in [2.24, 2.45) is 0 Å². The summed E-state index contributed by atoms with van der Waals surface area (Å²) < 4.78 is 10.5. The van der Waals surface area contributed by atoms with Crippen LogP contribution in [0.1, 0.15) is 24.1 Å². The molecule has 0 saturated heterocycles. The Balaban J connectivity index is 1.85. The van der Waals surface area contributed by atoms with E-state index in [0.717, 1.165) is 16.9 Å². The molecule has 6 heteroatoms. The van der Waals surface area contributed by atoms with Gasteiger partial charge in [-0.05, 0) is 42.3 Å². The Morgan fingerprint density at radius 3 is 2.60 bits per heavy atom. The number of hydrogen-bond acceptors (Lipinski definition) is 4. The lowest BCUT2D eigenvalue weighted by Gasteiger charge is -2.16. The molecule has 1 amide bonds. The SMILES string of the molecule is COc1ccc([C@@H](C)NC(=O)CSCc2cccc(Cl)c2)cc1OC. The number of thioether (sulfide) groups is 1. The van der Waals surface area contributed by atoms with Gasteiger partial charge < -0.3 is 14.8 Å². The van der Waals surface area contributed by atoms with Gasteiger partial charge in [0.25, 0.3) is 0 Å². The fourth-order valence-electron chi connectivity index (χ4n) is 2.38. The molecule has 0 radical (unpaired) electrons. The highest BCUT2D eigenvalue weighted by Crippen LogP contribution is 2.29. The molecule has 1 N–H and O–H groups in total. The van der Waals surface area contributed by atoms with Crippen LogP contribution >= 0.6 is 23.4 Å². The van der Waals surface area contributed by atoms with Crippen molar-refractivity contribution >= 4 is 29.3 Å². The van der Waals surface area contributed by atoms with E-state index < -0.39 is 0 Å². The molecule has 2 aromatic carbocycles. The Labute approximate surface area is 157 Å². The van der Waals surface area contributed by atoms with Crippen molar-refractivity contribution in [2.75, 3.05) is 20.0 Å². The highest BCUT2D eigenvalue weighted by molar-refractivity contribution is 7.99. The molecular formula is C19H22ClNO3S. The largest absolute Gasteiger partial charge is 0.493 e. The third-order valence-corrected chi connectivity index (χ3v) is 4.91. The van der Waals surface area contributed by atoms with Crippen LogP contribution in [0, 0.1) is 0 Å². The zero-order valence-electron chi connectivity index (χ0n) is 14.5. The van der Waals surface area contributed by atoms with Gasteiger partial charge in [-0.25, -0.2) is 0 Å². The molecule has 0 bridgehead atoms. The number of amides is 1. The van der Waals surface area contributed by atoms with Crippen molar-refractivity contribution in [2.45, 2.75) is 18.7 Å². The fourth-order valence-corrected chi connectivity index (χ4v) is 3.38. The summed E-state index contributed by atoms with van der Waals surface area (Å²) in [6, 6.07) is 13.2. The average molecular weight is 380 g/mol. The Hall–Kier alpha value is -1.85. The van der Waals surface area contributed by atoms with E-state index >= 15 is 0 Å². The number of halogens is 1. The van der Waals surface area contributed by atoms with Crippen molar-refractivity contribution in [3.8, 4) is 11.5 Å². The van der Waals surface area contributed by atoms with Gasteiger partial charge in [0.2, 0.25) is 5.91 Å². The molecule has 0 aliphatic heterocycles. The molecule has 4 nitrogen and oxygen atoms in total. The van der Waals surface area contributed by atoms with Gasteiger partial charge in [-0.15, -0.1) is 11.8 Å². The van der Waals surface area contributed by atoms with E-state index in [2.05, 4.69) is 5.32 Å². The van der Waals surface area contributed by atoms with Crippen molar-refractivity contribution < 1.29 is 14.3 Å². The lowest BCUT2D eigenvalue weighted by atomic mass is 10.1.